The lowest BCUT2D eigenvalue weighted by Crippen LogP contribution is -2.21. The minimum absolute atomic E-state index is 0.799. The van der Waals surface area contributed by atoms with Gasteiger partial charge in [0.2, 0.25) is 0 Å². The largest absolute Gasteiger partial charge is 0.330 e. The fraction of sp³-hybridized carbons (Fsp3) is 0.600. The molecule has 17 heavy (non-hydrogen) atoms. The quantitative estimate of drug-likeness (QED) is 0.758. The zero-order valence-electron chi connectivity index (χ0n) is 10.4. The Bertz CT molecular complexity index is 388. The van der Waals surface area contributed by atoms with E-state index in [9.17, 15) is 0 Å². The lowest BCUT2D eigenvalue weighted by Gasteiger charge is -2.13. The first kappa shape index (κ1) is 11.2. The van der Waals surface area contributed by atoms with Gasteiger partial charge >= 0.3 is 0 Å². The molecule has 1 aromatic carbocycles. The van der Waals surface area contributed by atoms with E-state index in [1.54, 1.807) is 11.1 Å². The van der Waals surface area contributed by atoms with Crippen molar-refractivity contribution in [3.8, 4) is 0 Å². The fourth-order valence-corrected chi connectivity index (χ4v) is 3.48. The van der Waals surface area contributed by atoms with E-state index in [0.29, 0.717) is 0 Å². The first-order chi connectivity index (χ1) is 8.42. The Morgan fingerprint density at radius 3 is 3.06 bits per heavy atom. The van der Waals surface area contributed by atoms with Crippen LogP contribution in [0, 0.1) is 11.8 Å². The van der Waals surface area contributed by atoms with Crippen molar-refractivity contribution in [3.63, 3.8) is 0 Å². The third-order valence-corrected chi connectivity index (χ3v) is 4.43. The summed E-state index contributed by atoms with van der Waals surface area (Å²) in [5, 5.41) is 3.56. The van der Waals surface area contributed by atoms with Crippen LogP contribution in [0.25, 0.3) is 0 Å². The van der Waals surface area contributed by atoms with Crippen molar-refractivity contribution in [1.82, 2.24) is 5.32 Å². The van der Waals surface area contributed by atoms with Gasteiger partial charge in [0.15, 0.2) is 0 Å². The maximum atomic E-state index is 5.50. The third kappa shape index (κ3) is 2.12. The Balaban J connectivity index is 1.59. The highest BCUT2D eigenvalue weighted by Gasteiger charge is 2.52. The summed E-state index contributed by atoms with van der Waals surface area (Å²) in [6.07, 6.45) is 3.78. The standard InChI is InChI=1S/C15H22N2/c16-8-3-9-17-10-14-13-7-6-11-4-1-2-5-12(11)15(13)14/h1-2,4-5,13-15,17H,3,6-10,16H2. The summed E-state index contributed by atoms with van der Waals surface area (Å²) in [5.41, 5.74) is 8.73. The lowest BCUT2D eigenvalue weighted by molar-refractivity contribution is 0.570. The topological polar surface area (TPSA) is 38.0 Å². The Morgan fingerprint density at radius 1 is 1.29 bits per heavy atom. The molecule has 0 amide bonds. The average Bonchev–Trinajstić information content (AvgIpc) is 3.09. The van der Waals surface area contributed by atoms with Gasteiger partial charge in [0.25, 0.3) is 0 Å². The third-order valence-electron chi connectivity index (χ3n) is 4.43. The molecule has 1 aromatic rings. The maximum absolute atomic E-state index is 5.50. The van der Waals surface area contributed by atoms with Crippen LogP contribution in [0.2, 0.25) is 0 Å². The fourth-order valence-electron chi connectivity index (χ4n) is 3.48. The van der Waals surface area contributed by atoms with Crippen LogP contribution in [0.1, 0.15) is 29.9 Å². The smallest absolute Gasteiger partial charge is 0.00117 e. The molecule has 92 valence electrons. The second kappa shape index (κ2) is 4.79. The number of rotatable bonds is 5. The first-order valence-corrected chi connectivity index (χ1v) is 6.90. The Morgan fingerprint density at radius 2 is 2.18 bits per heavy atom. The Labute approximate surface area is 104 Å². The Hall–Kier alpha value is -0.860. The van der Waals surface area contributed by atoms with E-state index in [4.69, 9.17) is 5.73 Å². The van der Waals surface area contributed by atoms with Crippen LogP contribution >= 0.6 is 0 Å². The Kier molecular flexibility index (Phi) is 3.17. The predicted molar refractivity (Wildman–Crippen MR) is 71.0 cm³/mol. The number of hydrogen-bond acceptors (Lipinski definition) is 2. The van der Waals surface area contributed by atoms with E-state index in [2.05, 4.69) is 29.6 Å². The van der Waals surface area contributed by atoms with Crippen molar-refractivity contribution in [3.05, 3.63) is 35.4 Å². The summed E-state index contributed by atoms with van der Waals surface area (Å²) >= 11 is 0. The molecule has 3 atom stereocenters. The molecule has 1 fully saturated rings. The summed E-state index contributed by atoms with van der Waals surface area (Å²) in [6.45, 7) is 3.06. The van der Waals surface area contributed by atoms with E-state index in [-0.39, 0.29) is 0 Å². The zero-order chi connectivity index (χ0) is 11.7. The highest BCUT2D eigenvalue weighted by atomic mass is 14.9. The number of hydrogen-bond donors (Lipinski definition) is 2. The van der Waals surface area contributed by atoms with Crippen LogP contribution in [0.5, 0.6) is 0 Å². The number of benzene rings is 1. The number of fused-ring (bicyclic) bond motifs is 3. The van der Waals surface area contributed by atoms with E-state index in [1.807, 2.05) is 0 Å². The van der Waals surface area contributed by atoms with Gasteiger partial charge in [0.05, 0.1) is 0 Å². The predicted octanol–water partition coefficient (Wildman–Crippen LogP) is 1.90. The molecular formula is C15H22N2. The molecule has 0 saturated heterocycles. The van der Waals surface area contributed by atoms with Crippen LogP contribution < -0.4 is 11.1 Å². The van der Waals surface area contributed by atoms with Gasteiger partial charge in [-0.25, -0.2) is 0 Å². The van der Waals surface area contributed by atoms with Crippen LogP contribution in [0.4, 0.5) is 0 Å². The summed E-state index contributed by atoms with van der Waals surface area (Å²) < 4.78 is 0. The average molecular weight is 230 g/mol. The number of nitrogens with one attached hydrogen (secondary N) is 1. The normalized spacial score (nSPS) is 29.6. The molecule has 3 N–H and O–H groups in total. The monoisotopic (exact) mass is 230 g/mol. The molecule has 2 aliphatic carbocycles. The molecule has 3 unspecified atom stereocenters. The molecule has 0 bridgehead atoms. The molecule has 2 aliphatic rings. The van der Waals surface area contributed by atoms with E-state index in [0.717, 1.165) is 37.3 Å². The molecule has 2 heteroatoms. The molecule has 1 saturated carbocycles. The number of aryl methyl sites for hydroxylation is 1. The molecule has 0 heterocycles. The summed E-state index contributed by atoms with van der Waals surface area (Å²) in [7, 11) is 0. The first-order valence-electron chi connectivity index (χ1n) is 6.90. The van der Waals surface area contributed by atoms with E-state index < -0.39 is 0 Å². The molecule has 2 nitrogen and oxygen atoms in total. The summed E-state index contributed by atoms with van der Waals surface area (Å²) in [6, 6.07) is 9.02. The van der Waals surface area contributed by atoms with Gasteiger partial charge in [-0.1, -0.05) is 24.3 Å². The van der Waals surface area contributed by atoms with Gasteiger partial charge < -0.3 is 11.1 Å². The highest BCUT2D eigenvalue weighted by Crippen LogP contribution is 2.59. The van der Waals surface area contributed by atoms with Gasteiger partial charge in [-0.05, 0) is 67.8 Å². The van der Waals surface area contributed by atoms with Crippen LogP contribution in [0.3, 0.4) is 0 Å². The minimum Gasteiger partial charge on any atom is -0.330 e. The summed E-state index contributed by atoms with van der Waals surface area (Å²) in [5.74, 6) is 2.69. The number of nitrogens with two attached hydrogens (primary N) is 1. The van der Waals surface area contributed by atoms with Crippen molar-refractivity contribution in [2.24, 2.45) is 17.6 Å². The lowest BCUT2D eigenvalue weighted by atomic mass is 9.92. The van der Waals surface area contributed by atoms with Gasteiger partial charge in [0.1, 0.15) is 0 Å². The second-order valence-electron chi connectivity index (χ2n) is 5.44. The summed E-state index contributed by atoms with van der Waals surface area (Å²) in [4.78, 5) is 0. The maximum Gasteiger partial charge on any atom is -0.00117 e. The van der Waals surface area contributed by atoms with Crippen molar-refractivity contribution < 1.29 is 0 Å². The van der Waals surface area contributed by atoms with Crippen molar-refractivity contribution in [1.29, 1.82) is 0 Å². The van der Waals surface area contributed by atoms with E-state index >= 15 is 0 Å². The molecule has 3 rings (SSSR count). The highest BCUT2D eigenvalue weighted by molar-refractivity contribution is 5.39. The van der Waals surface area contributed by atoms with Crippen molar-refractivity contribution in [2.45, 2.75) is 25.2 Å². The minimum atomic E-state index is 0.799. The van der Waals surface area contributed by atoms with Crippen molar-refractivity contribution in [2.75, 3.05) is 19.6 Å². The van der Waals surface area contributed by atoms with Gasteiger partial charge in [0, 0.05) is 0 Å². The zero-order valence-corrected chi connectivity index (χ0v) is 10.4. The molecule has 0 radical (unpaired) electrons. The molecule has 0 aromatic heterocycles. The van der Waals surface area contributed by atoms with Crippen LogP contribution in [-0.2, 0) is 6.42 Å². The van der Waals surface area contributed by atoms with Gasteiger partial charge in [-0.15, -0.1) is 0 Å². The van der Waals surface area contributed by atoms with Crippen LogP contribution in [0.15, 0.2) is 24.3 Å². The molecular weight excluding hydrogens is 208 g/mol. The van der Waals surface area contributed by atoms with Gasteiger partial charge in [-0.3, -0.25) is 0 Å². The molecule has 0 aliphatic heterocycles. The van der Waals surface area contributed by atoms with E-state index in [1.165, 1.54) is 19.4 Å². The SMILES string of the molecule is NCCCNCC1C2CCc3ccccc3C21. The second-order valence-corrected chi connectivity index (χ2v) is 5.44. The molecule has 0 spiro atoms. The van der Waals surface area contributed by atoms with Crippen LogP contribution in [-0.4, -0.2) is 19.6 Å². The van der Waals surface area contributed by atoms with Gasteiger partial charge in [-0.2, -0.15) is 0 Å². The van der Waals surface area contributed by atoms with Crippen molar-refractivity contribution >= 4 is 0 Å².